The number of nitrogens with one attached hydrogen (secondary N) is 1. The van der Waals surface area contributed by atoms with Crippen LogP contribution >= 0.6 is 11.3 Å². The van der Waals surface area contributed by atoms with Crippen LogP contribution in [-0.4, -0.2) is 26.0 Å². The van der Waals surface area contributed by atoms with Gasteiger partial charge in [0, 0.05) is 12.6 Å². The standard InChI is InChI=1S/C14H21N5OS/c1-5-6-7-19-13(20)11(8-10(4)18-19)12-16-17-14(21-12)15-9(2)3/h8-9H,5-7H2,1-4H3,(H,15,17). The van der Waals surface area contributed by atoms with Crippen LogP contribution in [0.15, 0.2) is 10.9 Å². The Hall–Kier alpha value is -1.76. The molecule has 1 N–H and O–H groups in total. The number of hydrogen-bond donors (Lipinski definition) is 1. The fraction of sp³-hybridized carbons (Fsp3) is 0.571. The Morgan fingerprint density at radius 2 is 2.14 bits per heavy atom. The first kappa shape index (κ1) is 15.6. The van der Waals surface area contributed by atoms with Gasteiger partial charge in [-0.15, -0.1) is 10.2 Å². The SMILES string of the molecule is CCCCn1nc(C)cc(-c2nnc(NC(C)C)s2)c1=O. The van der Waals surface area contributed by atoms with Gasteiger partial charge in [0.15, 0.2) is 5.01 Å². The zero-order valence-electron chi connectivity index (χ0n) is 12.9. The van der Waals surface area contributed by atoms with Crippen LogP contribution in [0.5, 0.6) is 0 Å². The van der Waals surface area contributed by atoms with Crippen LogP contribution in [0.1, 0.15) is 39.3 Å². The number of aromatic nitrogens is 4. The molecule has 2 aromatic heterocycles. The van der Waals surface area contributed by atoms with Gasteiger partial charge in [0.05, 0.1) is 11.3 Å². The van der Waals surface area contributed by atoms with Gasteiger partial charge >= 0.3 is 0 Å². The monoisotopic (exact) mass is 307 g/mol. The van der Waals surface area contributed by atoms with E-state index in [4.69, 9.17) is 0 Å². The lowest BCUT2D eigenvalue weighted by Gasteiger charge is -2.06. The van der Waals surface area contributed by atoms with Gasteiger partial charge in [0.2, 0.25) is 5.13 Å². The van der Waals surface area contributed by atoms with Gasteiger partial charge in [-0.05, 0) is 33.3 Å². The number of rotatable bonds is 6. The van der Waals surface area contributed by atoms with Crippen molar-refractivity contribution in [3.05, 3.63) is 22.1 Å². The van der Waals surface area contributed by atoms with E-state index in [1.54, 1.807) is 6.07 Å². The third-order valence-corrected chi connectivity index (χ3v) is 3.78. The molecular weight excluding hydrogens is 286 g/mol. The molecule has 2 heterocycles. The van der Waals surface area contributed by atoms with E-state index in [0.717, 1.165) is 23.7 Å². The Morgan fingerprint density at radius 3 is 2.81 bits per heavy atom. The molecule has 0 bridgehead atoms. The van der Waals surface area contributed by atoms with Crippen molar-refractivity contribution in [3.63, 3.8) is 0 Å². The first-order chi connectivity index (χ1) is 10.0. The minimum absolute atomic E-state index is 0.0960. The number of nitrogens with zero attached hydrogens (tertiary/aromatic N) is 4. The van der Waals surface area contributed by atoms with Gasteiger partial charge in [-0.1, -0.05) is 24.7 Å². The number of hydrogen-bond acceptors (Lipinski definition) is 6. The van der Waals surface area contributed by atoms with Gasteiger partial charge in [-0.3, -0.25) is 4.79 Å². The van der Waals surface area contributed by atoms with Gasteiger partial charge in [0.25, 0.3) is 5.56 Å². The summed E-state index contributed by atoms with van der Waals surface area (Å²) in [5.41, 5.74) is 1.29. The highest BCUT2D eigenvalue weighted by molar-refractivity contribution is 7.18. The van der Waals surface area contributed by atoms with Crippen LogP contribution in [0.25, 0.3) is 10.6 Å². The number of anilines is 1. The van der Waals surface area contributed by atoms with Crippen molar-refractivity contribution in [1.82, 2.24) is 20.0 Å². The zero-order valence-corrected chi connectivity index (χ0v) is 13.7. The Morgan fingerprint density at radius 1 is 1.38 bits per heavy atom. The van der Waals surface area contributed by atoms with Crippen molar-refractivity contribution < 1.29 is 0 Å². The smallest absolute Gasteiger partial charge is 0.277 e. The summed E-state index contributed by atoms with van der Waals surface area (Å²) in [6.45, 7) is 8.70. The summed E-state index contributed by atoms with van der Waals surface area (Å²) >= 11 is 1.40. The minimum atomic E-state index is -0.0960. The molecule has 0 aliphatic rings. The molecule has 7 heteroatoms. The largest absolute Gasteiger partial charge is 0.358 e. The van der Waals surface area contributed by atoms with Gasteiger partial charge in [-0.25, -0.2) is 4.68 Å². The number of aryl methyl sites for hydroxylation is 2. The Bertz CT molecular complexity index is 662. The van der Waals surface area contributed by atoms with E-state index in [1.165, 1.54) is 16.0 Å². The molecule has 2 rings (SSSR count). The predicted octanol–water partition coefficient (Wildman–Crippen LogP) is 2.69. The minimum Gasteiger partial charge on any atom is -0.358 e. The lowest BCUT2D eigenvalue weighted by atomic mass is 10.2. The quantitative estimate of drug-likeness (QED) is 0.888. The maximum Gasteiger partial charge on any atom is 0.277 e. The zero-order chi connectivity index (χ0) is 15.4. The third kappa shape index (κ3) is 3.87. The van der Waals surface area contributed by atoms with Crippen LogP contribution in [0.3, 0.4) is 0 Å². The molecule has 0 aliphatic heterocycles. The van der Waals surface area contributed by atoms with Crippen molar-refractivity contribution in [2.24, 2.45) is 0 Å². The molecule has 6 nitrogen and oxygen atoms in total. The summed E-state index contributed by atoms with van der Waals surface area (Å²) in [4.78, 5) is 12.5. The molecule has 21 heavy (non-hydrogen) atoms. The normalized spacial score (nSPS) is 11.1. The Kier molecular flexibility index (Phi) is 5.06. The second-order valence-electron chi connectivity index (χ2n) is 5.29. The molecule has 0 unspecified atom stereocenters. The molecule has 0 spiro atoms. The summed E-state index contributed by atoms with van der Waals surface area (Å²) in [5, 5.41) is 17.1. The van der Waals surface area contributed by atoms with Crippen molar-refractivity contribution in [1.29, 1.82) is 0 Å². The van der Waals surface area contributed by atoms with E-state index in [2.05, 4.69) is 27.5 Å². The molecule has 0 atom stereocenters. The van der Waals surface area contributed by atoms with Crippen LogP contribution in [0.4, 0.5) is 5.13 Å². The van der Waals surface area contributed by atoms with Gasteiger partial charge in [-0.2, -0.15) is 5.10 Å². The molecular formula is C14H21N5OS. The van der Waals surface area contributed by atoms with E-state index in [1.807, 2.05) is 20.8 Å². The molecule has 2 aromatic rings. The highest BCUT2D eigenvalue weighted by Crippen LogP contribution is 2.24. The fourth-order valence-corrected chi connectivity index (χ4v) is 2.82. The van der Waals surface area contributed by atoms with Crippen LogP contribution < -0.4 is 10.9 Å². The molecule has 0 saturated heterocycles. The summed E-state index contributed by atoms with van der Waals surface area (Å²) in [5.74, 6) is 0. The van der Waals surface area contributed by atoms with E-state index < -0.39 is 0 Å². The molecule has 114 valence electrons. The summed E-state index contributed by atoms with van der Waals surface area (Å²) in [6, 6.07) is 2.07. The van der Waals surface area contributed by atoms with Crippen LogP contribution in [0.2, 0.25) is 0 Å². The second kappa shape index (κ2) is 6.80. The Labute approximate surface area is 128 Å². The van der Waals surface area contributed by atoms with Crippen molar-refractivity contribution >= 4 is 16.5 Å². The van der Waals surface area contributed by atoms with Gasteiger partial charge < -0.3 is 5.32 Å². The fourth-order valence-electron chi connectivity index (χ4n) is 1.92. The summed E-state index contributed by atoms with van der Waals surface area (Å²) < 4.78 is 1.53. The summed E-state index contributed by atoms with van der Waals surface area (Å²) in [6.07, 6.45) is 1.96. The van der Waals surface area contributed by atoms with Crippen molar-refractivity contribution in [2.75, 3.05) is 5.32 Å². The second-order valence-corrected chi connectivity index (χ2v) is 6.27. The molecule has 0 saturated carbocycles. The van der Waals surface area contributed by atoms with Gasteiger partial charge in [0.1, 0.15) is 0 Å². The first-order valence-electron chi connectivity index (χ1n) is 7.20. The van der Waals surface area contributed by atoms with Crippen LogP contribution in [-0.2, 0) is 6.54 Å². The van der Waals surface area contributed by atoms with Crippen molar-refractivity contribution in [2.45, 2.75) is 53.1 Å². The number of unbranched alkanes of at least 4 members (excludes halogenated alkanes) is 1. The van der Waals surface area contributed by atoms with Crippen LogP contribution in [0, 0.1) is 6.92 Å². The average molecular weight is 307 g/mol. The average Bonchev–Trinajstić information content (AvgIpc) is 2.86. The van der Waals surface area contributed by atoms with E-state index in [9.17, 15) is 4.79 Å². The molecule has 0 aliphatic carbocycles. The molecule has 0 radical (unpaired) electrons. The van der Waals surface area contributed by atoms with E-state index in [-0.39, 0.29) is 11.6 Å². The predicted molar refractivity (Wildman–Crippen MR) is 85.8 cm³/mol. The van der Waals surface area contributed by atoms with Crippen molar-refractivity contribution in [3.8, 4) is 10.6 Å². The van der Waals surface area contributed by atoms with E-state index >= 15 is 0 Å². The molecule has 0 aromatic carbocycles. The topological polar surface area (TPSA) is 72.7 Å². The first-order valence-corrected chi connectivity index (χ1v) is 8.02. The lowest BCUT2D eigenvalue weighted by molar-refractivity contribution is 0.538. The highest BCUT2D eigenvalue weighted by Gasteiger charge is 2.14. The third-order valence-electron chi connectivity index (χ3n) is 2.89. The molecule has 0 amide bonds. The Balaban J connectivity index is 2.36. The summed E-state index contributed by atoms with van der Waals surface area (Å²) in [7, 11) is 0. The highest BCUT2D eigenvalue weighted by atomic mass is 32.1. The maximum atomic E-state index is 12.5. The molecule has 0 fully saturated rings. The lowest BCUT2D eigenvalue weighted by Crippen LogP contribution is -2.25. The maximum absolute atomic E-state index is 12.5. The van der Waals surface area contributed by atoms with E-state index in [0.29, 0.717) is 17.1 Å².